The number of imide groups is 1. The van der Waals surface area contributed by atoms with Crippen LogP contribution in [0.15, 0.2) is 36.4 Å². The zero-order chi connectivity index (χ0) is 23.8. The number of halogens is 2. The highest BCUT2D eigenvalue weighted by atomic mass is 32.1. The summed E-state index contributed by atoms with van der Waals surface area (Å²) in [6, 6.07) is 8.66. The van der Waals surface area contributed by atoms with Crippen LogP contribution in [0.3, 0.4) is 0 Å². The lowest BCUT2D eigenvalue weighted by Gasteiger charge is -2.34. The number of carbonyl (C=O) groups is 3. The number of fused-ring (bicyclic) bond motifs is 2. The Morgan fingerprint density at radius 2 is 1.71 bits per heavy atom. The predicted octanol–water partition coefficient (Wildman–Crippen LogP) is 2.11. The summed E-state index contributed by atoms with van der Waals surface area (Å²) in [5, 5.41) is 3.43. The van der Waals surface area contributed by atoms with Gasteiger partial charge in [-0.3, -0.25) is 24.2 Å². The highest BCUT2D eigenvalue weighted by molar-refractivity contribution is 7.22. The summed E-state index contributed by atoms with van der Waals surface area (Å²) in [6.07, 6.45) is 0. The molecule has 0 saturated carbocycles. The fraction of sp³-hybridized carbons (Fsp3) is 0.304. The van der Waals surface area contributed by atoms with Crippen LogP contribution in [-0.4, -0.2) is 78.3 Å². The molecular weight excluding hydrogens is 464 g/mol. The first-order valence-corrected chi connectivity index (χ1v) is 11.7. The number of amides is 3. The first-order valence-electron chi connectivity index (χ1n) is 10.9. The van der Waals surface area contributed by atoms with Gasteiger partial charge in [0.2, 0.25) is 5.91 Å². The first-order chi connectivity index (χ1) is 16.4. The van der Waals surface area contributed by atoms with Gasteiger partial charge in [0.1, 0.15) is 17.9 Å². The number of anilines is 1. The number of benzene rings is 2. The van der Waals surface area contributed by atoms with Gasteiger partial charge in [-0.25, -0.2) is 13.8 Å². The van der Waals surface area contributed by atoms with Crippen LogP contribution in [0.1, 0.15) is 20.7 Å². The van der Waals surface area contributed by atoms with Gasteiger partial charge in [0.05, 0.1) is 15.8 Å². The average Bonchev–Trinajstić information content (AvgIpc) is 3.35. The molecule has 0 aliphatic carbocycles. The molecule has 0 spiro atoms. The standard InChI is InChI=1S/C23H21F2N5O3S/c24-14-11-17(25)20-18(12-14)34-23(27-20)29-9-7-28(8-10-29)6-5-26-19(31)13-30-21(32)15-3-1-2-4-16(15)22(30)33/h1-4,11-12H,5-10,13H2,(H,26,31). The van der Waals surface area contributed by atoms with Crippen molar-refractivity contribution in [3.8, 4) is 0 Å². The maximum atomic E-state index is 13.9. The largest absolute Gasteiger partial charge is 0.353 e. The molecule has 1 N–H and O–H groups in total. The van der Waals surface area contributed by atoms with Crippen LogP contribution in [-0.2, 0) is 4.79 Å². The summed E-state index contributed by atoms with van der Waals surface area (Å²) in [7, 11) is 0. The summed E-state index contributed by atoms with van der Waals surface area (Å²) in [6.45, 7) is 3.48. The SMILES string of the molecule is O=C(CN1C(=O)c2ccccc2C1=O)NCCN1CCN(c2nc3c(F)cc(F)cc3s2)CC1. The summed E-state index contributed by atoms with van der Waals surface area (Å²) in [5.74, 6) is -2.58. The van der Waals surface area contributed by atoms with Gasteiger partial charge >= 0.3 is 0 Å². The molecule has 0 radical (unpaired) electrons. The van der Waals surface area contributed by atoms with E-state index >= 15 is 0 Å². The molecule has 1 saturated heterocycles. The lowest BCUT2D eigenvalue weighted by atomic mass is 10.1. The third-order valence-electron chi connectivity index (χ3n) is 5.97. The van der Waals surface area contributed by atoms with Crippen LogP contribution >= 0.6 is 11.3 Å². The minimum absolute atomic E-state index is 0.185. The summed E-state index contributed by atoms with van der Waals surface area (Å²) in [5.41, 5.74) is 0.822. The van der Waals surface area contributed by atoms with Crippen LogP contribution < -0.4 is 10.2 Å². The molecule has 3 amide bonds. The van der Waals surface area contributed by atoms with Gasteiger partial charge in [0, 0.05) is 45.3 Å². The van der Waals surface area contributed by atoms with Crippen molar-refractivity contribution in [2.75, 3.05) is 50.7 Å². The van der Waals surface area contributed by atoms with Crippen LogP contribution in [0.25, 0.3) is 10.2 Å². The fourth-order valence-corrected chi connectivity index (χ4v) is 5.24. The lowest BCUT2D eigenvalue weighted by molar-refractivity contribution is -0.121. The van der Waals surface area contributed by atoms with Gasteiger partial charge in [0.25, 0.3) is 11.8 Å². The van der Waals surface area contributed by atoms with Crippen molar-refractivity contribution in [2.24, 2.45) is 0 Å². The summed E-state index contributed by atoms with van der Waals surface area (Å²) >= 11 is 1.27. The molecule has 2 aliphatic heterocycles. The quantitative estimate of drug-likeness (QED) is 0.539. The van der Waals surface area contributed by atoms with Crippen molar-refractivity contribution >= 4 is 44.4 Å². The van der Waals surface area contributed by atoms with E-state index in [1.165, 1.54) is 17.4 Å². The molecule has 1 fully saturated rings. The Morgan fingerprint density at radius 3 is 2.38 bits per heavy atom. The minimum atomic E-state index is -0.659. The Balaban J connectivity index is 1.08. The number of rotatable bonds is 6. The topological polar surface area (TPSA) is 85.8 Å². The second-order valence-electron chi connectivity index (χ2n) is 8.15. The van der Waals surface area contributed by atoms with Crippen LogP contribution in [0.5, 0.6) is 0 Å². The Morgan fingerprint density at radius 1 is 1.03 bits per heavy atom. The van der Waals surface area contributed by atoms with Crippen LogP contribution in [0.4, 0.5) is 13.9 Å². The molecule has 2 aromatic carbocycles. The number of nitrogens with one attached hydrogen (secondary N) is 1. The third kappa shape index (κ3) is 4.24. The number of nitrogens with zero attached hydrogens (tertiary/aromatic N) is 4. The van der Waals surface area contributed by atoms with Crippen molar-refractivity contribution in [2.45, 2.75) is 0 Å². The molecule has 0 atom stereocenters. The average molecular weight is 486 g/mol. The van der Waals surface area contributed by atoms with Crippen molar-refractivity contribution in [3.05, 3.63) is 59.2 Å². The van der Waals surface area contributed by atoms with E-state index in [0.717, 1.165) is 24.1 Å². The summed E-state index contributed by atoms with van der Waals surface area (Å²) < 4.78 is 27.9. The highest BCUT2D eigenvalue weighted by Gasteiger charge is 2.36. The van der Waals surface area contributed by atoms with Gasteiger partial charge in [-0.1, -0.05) is 23.5 Å². The number of thiazole rings is 1. The van der Waals surface area contributed by atoms with Crippen molar-refractivity contribution < 1.29 is 23.2 Å². The molecule has 176 valence electrons. The predicted molar refractivity (Wildman–Crippen MR) is 123 cm³/mol. The molecular formula is C23H21F2N5O3S. The molecule has 0 unspecified atom stereocenters. The summed E-state index contributed by atoms with van der Waals surface area (Å²) in [4.78, 5) is 46.6. The molecule has 2 aliphatic rings. The zero-order valence-corrected chi connectivity index (χ0v) is 18.9. The van der Waals surface area contributed by atoms with E-state index in [0.29, 0.717) is 47.1 Å². The van der Waals surface area contributed by atoms with E-state index < -0.39 is 29.4 Å². The maximum absolute atomic E-state index is 13.9. The normalized spacial score (nSPS) is 16.4. The Hall–Kier alpha value is -3.44. The number of hydrogen-bond acceptors (Lipinski definition) is 7. The molecule has 1 aromatic heterocycles. The highest BCUT2D eigenvalue weighted by Crippen LogP contribution is 2.31. The van der Waals surface area contributed by atoms with E-state index in [2.05, 4.69) is 15.2 Å². The first kappa shape index (κ1) is 22.4. The van der Waals surface area contributed by atoms with E-state index in [-0.39, 0.29) is 12.1 Å². The van der Waals surface area contributed by atoms with Crippen LogP contribution in [0.2, 0.25) is 0 Å². The van der Waals surface area contributed by atoms with Crippen molar-refractivity contribution in [3.63, 3.8) is 0 Å². The smallest absolute Gasteiger partial charge is 0.262 e. The minimum Gasteiger partial charge on any atom is -0.353 e. The van der Waals surface area contributed by atoms with Crippen molar-refractivity contribution in [1.29, 1.82) is 0 Å². The zero-order valence-electron chi connectivity index (χ0n) is 18.1. The molecule has 11 heteroatoms. The Kier molecular flexibility index (Phi) is 5.96. The fourth-order valence-electron chi connectivity index (χ4n) is 4.18. The number of aromatic nitrogens is 1. The van der Waals surface area contributed by atoms with E-state index in [1.54, 1.807) is 24.3 Å². The second kappa shape index (κ2) is 9.07. The second-order valence-corrected chi connectivity index (χ2v) is 9.16. The van der Waals surface area contributed by atoms with E-state index in [4.69, 9.17) is 0 Å². The van der Waals surface area contributed by atoms with Gasteiger partial charge < -0.3 is 10.2 Å². The van der Waals surface area contributed by atoms with Crippen LogP contribution in [0, 0.1) is 11.6 Å². The molecule has 8 nitrogen and oxygen atoms in total. The van der Waals surface area contributed by atoms with Crippen molar-refractivity contribution in [1.82, 2.24) is 20.1 Å². The molecule has 5 rings (SSSR count). The third-order valence-corrected chi connectivity index (χ3v) is 7.04. The van der Waals surface area contributed by atoms with Gasteiger partial charge in [0.15, 0.2) is 10.9 Å². The Labute approximate surface area is 197 Å². The van der Waals surface area contributed by atoms with E-state index in [1.807, 2.05) is 4.90 Å². The van der Waals surface area contributed by atoms with Gasteiger partial charge in [-0.05, 0) is 18.2 Å². The molecule has 3 aromatic rings. The number of piperazine rings is 1. The maximum Gasteiger partial charge on any atom is 0.262 e. The number of hydrogen-bond donors (Lipinski definition) is 1. The molecule has 3 heterocycles. The van der Waals surface area contributed by atoms with Gasteiger partial charge in [-0.2, -0.15) is 0 Å². The number of carbonyl (C=O) groups excluding carboxylic acids is 3. The molecule has 34 heavy (non-hydrogen) atoms. The monoisotopic (exact) mass is 485 g/mol. The van der Waals surface area contributed by atoms with Gasteiger partial charge in [-0.15, -0.1) is 0 Å². The van der Waals surface area contributed by atoms with E-state index in [9.17, 15) is 23.2 Å². The lowest BCUT2D eigenvalue weighted by Crippen LogP contribution is -2.49. The Bertz CT molecular complexity index is 1250. The molecule has 0 bridgehead atoms.